The average molecular weight is 203 g/mol. The highest BCUT2D eigenvalue weighted by Gasteiger charge is 2.19. The molecule has 0 N–H and O–H groups in total. The summed E-state index contributed by atoms with van der Waals surface area (Å²) in [5, 5.41) is 10.5. The van der Waals surface area contributed by atoms with E-state index >= 15 is 0 Å². The van der Waals surface area contributed by atoms with Crippen molar-refractivity contribution in [2.75, 3.05) is 7.11 Å². The molecule has 4 nitrogen and oxygen atoms in total. The molecule has 0 bridgehead atoms. The lowest BCUT2D eigenvalue weighted by molar-refractivity contribution is -0.388. The van der Waals surface area contributed by atoms with Crippen LogP contribution in [0.4, 0.5) is 10.1 Å². The lowest BCUT2D eigenvalue weighted by Gasteiger charge is -2.02. The second-order valence-corrected chi connectivity index (χ2v) is 2.71. The van der Waals surface area contributed by atoms with Crippen LogP contribution in [-0.4, -0.2) is 12.0 Å². The highest BCUT2D eigenvalue weighted by molar-refractivity contribution is 7.80. The molecule has 1 aromatic carbocycles. The van der Waals surface area contributed by atoms with Gasteiger partial charge < -0.3 is 4.74 Å². The standard InChI is InChI=1S/C7H6FNO3S/c1-12-5-2-4(8)3-6(13)7(5)9(10)11/h2-3,13H,1H3. The van der Waals surface area contributed by atoms with Gasteiger partial charge in [0.05, 0.1) is 16.9 Å². The number of hydrogen-bond acceptors (Lipinski definition) is 4. The number of rotatable bonds is 2. The summed E-state index contributed by atoms with van der Waals surface area (Å²) in [6.07, 6.45) is 0. The van der Waals surface area contributed by atoms with Crippen LogP contribution < -0.4 is 4.74 Å². The second kappa shape index (κ2) is 3.61. The molecule has 1 rings (SSSR count). The minimum Gasteiger partial charge on any atom is -0.490 e. The monoisotopic (exact) mass is 203 g/mol. The van der Waals surface area contributed by atoms with E-state index in [9.17, 15) is 14.5 Å². The Kier molecular flexibility index (Phi) is 2.72. The van der Waals surface area contributed by atoms with Crippen LogP contribution in [0.5, 0.6) is 5.75 Å². The van der Waals surface area contributed by atoms with E-state index in [1.54, 1.807) is 0 Å². The van der Waals surface area contributed by atoms with E-state index in [1.807, 2.05) is 0 Å². The minimum atomic E-state index is -0.666. The van der Waals surface area contributed by atoms with Crippen LogP contribution in [0.15, 0.2) is 17.0 Å². The summed E-state index contributed by atoms with van der Waals surface area (Å²) in [7, 11) is 1.23. The Morgan fingerprint density at radius 1 is 1.62 bits per heavy atom. The summed E-state index contributed by atoms with van der Waals surface area (Å²) in [6, 6.07) is 1.90. The van der Waals surface area contributed by atoms with Gasteiger partial charge >= 0.3 is 5.69 Å². The van der Waals surface area contributed by atoms with E-state index in [4.69, 9.17) is 0 Å². The molecular weight excluding hydrogens is 197 g/mol. The smallest absolute Gasteiger partial charge is 0.324 e. The molecule has 0 aliphatic heterocycles. The topological polar surface area (TPSA) is 52.4 Å². The Labute approximate surface area is 78.9 Å². The average Bonchev–Trinajstić information content (AvgIpc) is 2.01. The van der Waals surface area contributed by atoms with E-state index in [-0.39, 0.29) is 16.3 Å². The van der Waals surface area contributed by atoms with Gasteiger partial charge in [0.1, 0.15) is 5.82 Å². The van der Waals surface area contributed by atoms with Crippen LogP contribution in [0.25, 0.3) is 0 Å². The van der Waals surface area contributed by atoms with Crippen molar-refractivity contribution < 1.29 is 14.1 Å². The molecule has 0 unspecified atom stereocenters. The highest BCUT2D eigenvalue weighted by Crippen LogP contribution is 2.33. The molecule has 0 heterocycles. The van der Waals surface area contributed by atoms with Crippen molar-refractivity contribution in [2.24, 2.45) is 0 Å². The maximum atomic E-state index is 12.7. The van der Waals surface area contributed by atoms with Crippen LogP contribution >= 0.6 is 12.6 Å². The van der Waals surface area contributed by atoms with E-state index in [1.165, 1.54) is 7.11 Å². The summed E-state index contributed by atoms with van der Waals surface area (Å²) >= 11 is 3.77. The third-order valence-corrected chi connectivity index (χ3v) is 1.76. The largest absolute Gasteiger partial charge is 0.490 e. The number of nitrogens with zero attached hydrogens (tertiary/aromatic N) is 1. The summed E-state index contributed by atoms with van der Waals surface area (Å²) < 4.78 is 17.3. The van der Waals surface area contributed by atoms with Gasteiger partial charge in [-0.15, -0.1) is 12.6 Å². The summed E-state index contributed by atoms with van der Waals surface area (Å²) in [6.45, 7) is 0. The molecule has 0 radical (unpaired) electrons. The summed E-state index contributed by atoms with van der Waals surface area (Å²) in [5.41, 5.74) is -0.327. The van der Waals surface area contributed by atoms with E-state index in [2.05, 4.69) is 17.4 Å². The Balaban J connectivity index is 3.38. The molecule has 1 aromatic rings. The second-order valence-electron chi connectivity index (χ2n) is 2.23. The van der Waals surface area contributed by atoms with Crippen molar-refractivity contribution >= 4 is 18.3 Å². The highest BCUT2D eigenvalue weighted by atomic mass is 32.1. The van der Waals surface area contributed by atoms with E-state index in [0.29, 0.717) is 0 Å². The maximum absolute atomic E-state index is 12.7. The SMILES string of the molecule is COc1cc(F)cc(S)c1[N+](=O)[O-]. The van der Waals surface area contributed by atoms with Gasteiger partial charge in [-0.3, -0.25) is 10.1 Å². The van der Waals surface area contributed by atoms with Gasteiger partial charge in [0, 0.05) is 6.07 Å². The van der Waals surface area contributed by atoms with Crippen LogP contribution in [0.3, 0.4) is 0 Å². The van der Waals surface area contributed by atoms with Crippen molar-refractivity contribution in [3.05, 3.63) is 28.1 Å². The van der Waals surface area contributed by atoms with Gasteiger partial charge in [-0.1, -0.05) is 0 Å². The van der Waals surface area contributed by atoms with Crippen molar-refractivity contribution in [3.8, 4) is 5.75 Å². The van der Waals surface area contributed by atoms with Crippen LogP contribution in [0.2, 0.25) is 0 Å². The predicted octanol–water partition coefficient (Wildman–Crippen LogP) is 2.03. The summed E-state index contributed by atoms with van der Waals surface area (Å²) in [4.78, 5) is 9.75. The van der Waals surface area contributed by atoms with Gasteiger partial charge in [0.2, 0.25) is 5.75 Å². The first kappa shape index (κ1) is 9.79. The van der Waals surface area contributed by atoms with Crippen molar-refractivity contribution in [1.82, 2.24) is 0 Å². The number of hydrogen-bond donors (Lipinski definition) is 1. The van der Waals surface area contributed by atoms with Crippen molar-refractivity contribution in [1.29, 1.82) is 0 Å². The number of methoxy groups -OCH3 is 1. The molecule has 0 atom stereocenters. The third kappa shape index (κ3) is 1.89. The quantitative estimate of drug-likeness (QED) is 0.454. The third-order valence-electron chi connectivity index (χ3n) is 1.42. The Morgan fingerprint density at radius 3 is 2.69 bits per heavy atom. The fourth-order valence-electron chi connectivity index (χ4n) is 0.900. The number of halogens is 1. The molecule has 0 aromatic heterocycles. The lowest BCUT2D eigenvalue weighted by atomic mass is 10.3. The van der Waals surface area contributed by atoms with Gasteiger partial charge in [-0.2, -0.15) is 0 Å². The molecule has 70 valence electrons. The van der Waals surface area contributed by atoms with E-state index in [0.717, 1.165) is 12.1 Å². The van der Waals surface area contributed by atoms with Crippen molar-refractivity contribution in [2.45, 2.75) is 4.90 Å². The Hall–Kier alpha value is -1.30. The maximum Gasteiger partial charge on any atom is 0.324 e. The first-order chi connectivity index (χ1) is 6.06. The zero-order valence-electron chi connectivity index (χ0n) is 6.65. The fourth-order valence-corrected chi connectivity index (χ4v) is 1.21. The molecule has 0 fully saturated rings. The first-order valence-corrected chi connectivity index (χ1v) is 3.72. The Bertz CT molecular complexity index is 356. The number of nitro benzene ring substituents is 1. The molecule has 0 saturated heterocycles. The van der Waals surface area contributed by atoms with Gasteiger partial charge in [-0.25, -0.2) is 4.39 Å². The predicted molar refractivity (Wildman–Crippen MR) is 46.9 cm³/mol. The minimum absolute atomic E-state index is 0.0538. The molecule has 0 spiro atoms. The molecule has 0 aliphatic rings. The molecule has 0 saturated carbocycles. The molecule has 0 amide bonds. The fraction of sp³-hybridized carbons (Fsp3) is 0.143. The number of benzene rings is 1. The van der Waals surface area contributed by atoms with Crippen LogP contribution in [0, 0.1) is 15.9 Å². The normalized spacial score (nSPS) is 9.77. The van der Waals surface area contributed by atoms with Gasteiger partial charge in [0.15, 0.2) is 0 Å². The van der Waals surface area contributed by atoms with Crippen LogP contribution in [-0.2, 0) is 0 Å². The number of thiol groups is 1. The zero-order valence-corrected chi connectivity index (χ0v) is 7.55. The van der Waals surface area contributed by atoms with Crippen molar-refractivity contribution in [3.63, 3.8) is 0 Å². The molecule has 13 heavy (non-hydrogen) atoms. The zero-order chi connectivity index (χ0) is 10.0. The van der Waals surface area contributed by atoms with Gasteiger partial charge in [-0.05, 0) is 6.07 Å². The van der Waals surface area contributed by atoms with Crippen LogP contribution in [0.1, 0.15) is 0 Å². The molecular formula is C7H6FNO3S. The Morgan fingerprint density at radius 2 is 2.23 bits per heavy atom. The summed E-state index contributed by atoms with van der Waals surface area (Å²) in [5.74, 6) is -0.748. The number of ether oxygens (including phenoxy) is 1. The number of nitro groups is 1. The molecule has 6 heteroatoms. The van der Waals surface area contributed by atoms with E-state index < -0.39 is 10.7 Å². The van der Waals surface area contributed by atoms with Gasteiger partial charge in [0.25, 0.3) is 0 Å². The lowest BCUT2D eigenvalue weighted by Crippen LogP contribution is -1.95. The first-order valence-electron chi connectivity index (χ1n) is 3.27. The molecule has 0 aliphatic carbocycles.